The topological polar surface area (TPSA) is 50.7 Å². The molecule has 1 atom stereocenters. The molecule has 1 aliphatic carbocycles. The van der Waals surface area contributed by atoms with Crippen LogP contribution in [0.25, 0.3) is 0 Å². The Morgan fingerprint density at radius 1 is 1.07 bits per heavy atom. The van der Waals surface area contributed by atoms with Gasteiger partial charge in [0.05, 0.1) is 13.2 Å². The molecule has 0 amide bonds. The van der Waals surface area contributed by atoms with Crippen molar-refractivity contribution < 1.29 is 14.6 Å². The molecule has 3 aliphatic rings. The molecule has 3 rings (SSSR count). The zero-order valence-corrected chi connectivity index (χ0v) is 9.00. The minimum atomic E-state index is -0.301. The summed E-state index contributed by atoms with van der Waals surface area (Å²) in [5.74, 6) is -0.265. The van der Waals surface area contributed by atoms with E-state index in [0.717, 1.165) is 51.9 Å². The number of nitrogens with one attached hydrogen (secondary N) is 1. The van der Waals surface area contributed by atoms with Crippen molar-refractivity contribution in [1.29, 1.82) is 0 Å². The van der Waals surface area contributed by atoms with Crippen molar-refractivity contribution in [2.24, 2.45) is 5.41 Å². The van der Waals surface area contributed by atoms with Gasteiger partial charge >= 0.3 is 0 Å². The molecule has 0 aromatic heterocycles. The van der Waals surface area contributed by atoms with Crippen molar-refractivity contribution in [3.8, 4) is 0 Å². The van der Waals surface area contributed by atoms with E-state index in [-0.39, 0.29) is 12.0 Å². The molecule has 2 aliphatic heterocycles. The van der Waals surface area contributed by atoms with Gasteiger partial charge in [-0.25, -0.2) is 0 Å². The molecule has 2 saturated heterocycles. The maximum atomic E-state index is 9.53. The summed E-state index contributed by atoms with van der Waals surface area (Å²) in [6.07, 6.45) is 4.78. The minimum absolute atomic E-state index is 0.265. The van der Waals surface area contributed by atoms with Crippen molar-refractivity contribution in [1.82, 2.24) is 5.32 Å². The van der Waals surface area contributed by atoms with Gasteiger partial charge in [-0.15, -0.1) is 0 Å². The fourth-order valence-electron chi connectivity index (χ4n) is 3.22. The molecule has 4 heteroatoms. The van der Waals surface area contributed by atoms with Crippen LogP contribution < -0.4 is 5.32 Å². The Bertz CT molecular complexity index is 240. The van der Waals surface area contributed by atoms with Crippen molar-refractivity contribution in [3.05, 3.63) is 0 Å². The van der Waals surface area contributed by atoms with Gasteiger partial charge in [-0.1, -0.05) is 0 Å². The lowest BCUT2D eigenvalue weighted by Crippen LogP contribution is -2.40. The third kappa shape index (κ3) is 1.69. The third-order valence-electron chi connectivity index (χ3n) is 4.23. The first kappa shape index (κ1) is 10.0. The second kappa shape index (κ2) is 3.42. The summed E-state index contributed by atoms with van der Waals surface area (Å²) < 4.78 is 11.4. The van der Waals surface area contributed by atoms with Crippen LogP contribution in [0.5, 0.6) is 0 Å². The average molecular weight is 213 g/mol. The van der Waals surface area contributed by atoms with Crippen LogP contribution in [-0.4, -0.2) is 36.9 Å². The Morgan fingerprint density at radius 2 is 1.73 bits per heavy atom. The van der Waals surface area contributed by atoms with Crippen LogP contribution in [0.4, 0.5) is 0 Å². The quantitative estimate of drug-likeness (QED) is 0.619. The second-order valence-corrected chi connectivity index (χ2v) is 5.21. The summed E-state index contributed by atoms with van der Waals surface area (Å²) in [6, 6.07) is 0. The molecule has 86 valence electrons. The molecule has 4 nitrogen and oxygen atoms in total. The van der Waals surface area contributed by atoms with Gasteiger partial charge in [0.15, 0.2) is 5.79 Å². The van der Waals surface area contributed by atoms with Gasteiger partial charge in [0, 0.05) is 19.4 Å². The van der Waals surface area contributed by atoms with E-state index in [4.69, 9.17) is 9.47 Å². The molecule has 0 aromatic rings. The number of hydrogen-bond donors (Lipinski definition) is 2. The summed E-state index contributed by atoms with van der Waals surface area (Å²) in [7, 11) is 0. The van der Waals surface area contributed by atoms with E-state index < -0.39 is 0 Å². The van der Waals surface area contributed by atoms with Gasteiger partial charge in [-0.05, 0) is 24.7 Å². The van der Waals surface area contributed by atoms with Crippen LogP contribution in [0.3, 0.4) is 0 Å². The van der Waals surface area contributed by atoms with Gasteiger partial charge in [-0.3, -0.25) is 5.32 Å². The fourth-order valence-corrected chi connectivity index (χ4v) is 3.22. The van der Waals surface area contributed by atoms with Gasteiger partial charge in [0.2, 0.25) is 0 Å². The van der Waals surface area contributed by atoms with Crippen LogP contribution in [0.15, 0.2) is 0 Å². The molecule has 3 fully saturated rings. The molecule has 15 heavy (non-hydrogen) atoms. The Balaban J connectivity index is 1.65. The molecule has 0 radical (unpaired) electrons. The van der Waals surface area contributed by atoms with E-state index in [1.165, 1.54) is 0 Å². The second-order valence-electron chi connectivity index (χ2n) is 5.21. The Hall–Kier alpha value is -0.160. The van der Waals surface area contributed by atoms with E-state index in [1.807, 2.05) is 0 Å². The minimum Gasteiger partial charge on any atom is -0.379 e. The predicted octanol–water partition coefficient (Wildman–Crippen LogP) is 0.602. The number of hydrogen-bond acceptors (Lipinski definition) is 4. The lowest BCUT2D eigenvalue weighted by Gasteiger charge is -2.41. The molecule has 1 saturated carbocycles. The molecule has 2 heterocycles. The van der Waals surface area contributed by atoms with E-state index in [9.17, 15) is 5.11 Å². The van der Waals surface area contributed by atoms with Crippen LogP contribution >= 0.6 is 0 Å². The van der Waals surface area contributed by atoms with Crippen molar-refractivity contribution in [2.45, 2.75) is 44.1 Å². The zero-order valence-electron chi connectivity index (χ0n) is 9.00. The number of aliphatic hydroxyl groups is 1. The van der Waals surface area contributed by atoms with E-state index >= 15 is 0 Å². The standard InChI is InChI=1S/C11H19NO3/c13-9-7-10(8-12-9)1-3-11(4-2-10)14-5-6-15-11/h9,12-13H,1-8H2. The highest BCUT2D eigenvalue weighted by Crippen LogP contribution is 2.48. The highest BCUT2D eigenvalue weighted by Gasteiger charge is 2.48. The van der Waals surface area contributed by atoms with Crippen molar-refractivity contribution >= 4 is 0 Å². The fraction of sp³-hybridized carbons (Fsp3) is 1.00. The van der Waals surface area contributed by atoms with Crippen LogP contribution in [-0.2, 0) is 9.47 Å². The molecule has 2 spiro atoms. The molecular weight excluding hydrogens is 194 g/mol. The highest BCUT2D eigenvalue weighted by molar-refractivity contribution is 4.96. The van der Waals surface area contributed by atoms with Crippen LogP contribution in [0.1, 0.15) is 32.1 Å². The maximum Gasteiger partial charge on any atom is 0.168 e. The monoisotopic (exact) mass is 213 g/mol. The van der Waals surface area contributed by atoms with Gasteiger partial charge in [0.25, 0.3) is 0 Å². The predicted molar refractivity (Wildman–Crippen MR) is 54.2 cm³/mol. The van der Waals surface area contributed by atoms with Crippen LogP contribution in [0, 0.1) is 5.41 Å². The molecule has 0 aromatic carbocycles. The van der Waals surface area contributed by atoms with E-state index in [0.29, 0.717) is 5.41 Å². The average Bonchev–Trinajstić information content (AvgIpc) is 2.81. The van der Waals surface area contributed by atoms with Gasteiger partial charge < -0.3 is 14.6 Å². The summed E-state index contributed by atoms with van der Waals surface area (Å²) in [5, 5.41) is 12.7. The van der Waals surface area contributed by atoms with Crippen molar-refractivity contribution in [2.75, 3.05) is 19.8 Å². The lowest BCUT2D eigenvalue weighted by atomic mass is 9.71. The Morgan fingerprint density at radius 3 is 2.27 bits per heavy atom. The molecule has 0 bridgehead atoms. The Labute approximate surface area is 89.9 Å². The molecule has 2 N–H and O–H groups in total. The first-order valence-electron chi connectivity index (χ1n) is 5.92. The molecular formula is C11H19NO3. The van der Waals surface area contributed by atoms with Gasteiger partial charge in [0.1, 0.15) is 6.23 Å². The SMILES string of the molecule is OC1CC2(CCC3(CC2)OCCO3)CN1. The van der Waals surface area contributed by atoms with Gasteiger partial charge in [-0.2, -0.15) is 0 Å². The largest absolute Gasteiger partial charge is 0.379 e. The summed E-state index contributed by atoms with van der Waals surface area (Å²) in [4.78, 5) is 0. The lowest BCUT2D eigenvalue weighted by molar-refractivity contribution is -0.190. The van der Waals surface area contributed by atoms with E-state index in [2.05, 4.69) is 5.32 Å². The molecule has 1 unspecified atom stereocenters. The first-order valence-corrected chi connectivity index (χ1v) is 5.92. The van der Waals surface area contributed by atoms with Crippen molar-refractivity contribution in [3.63, 3.8) is 0 Å². The Kier molecular flexibility index (Phi) is 2.28. The summed E-state index contributed by atoms with van der Waals surface area (Å²) in [5.41, 5.74) is 0.306. The van der Waals surface area contributed by atoms with E-state index in [1.54, 1.807) is 0 Å². The van der Waals surface area contributed by atoms with Crippen LogP contribution in [0.2, 0.25) is 0 Å². The maximum absolute atomic E-state index is 9.53. The number of rotatable bonds is 0. The summed E-state index contributed by atoms with van der Waals surface area (Å²) >= 11 is 0. The zero-order chi connectivity index (χ0) is 10.4. The number of aliphatic hydroxyl groups excluding tert-OH is 1. The first-order chi connectivity index (χ1) is 7.22. The highest BCUT2D eigenvalue weighted by atomic mass is 16.7. The normalized spacial score (nSPS) is 37.8. The third-order valence-corrected chi connectivity index (χ3v) is 4.23. The smallest absolute Gasteiger partial charge is 0.168 e. The number of ether oxygens (including phenoxy) is 2. The summed E-state index contributed by atoms with van der Waals surface area (Å²) in [6.45, 7) is 2.44.